The lowest BCUT2D eigenvalue weighted by molar-refractivity contribution is -0.137. The number of halogens is 3. The molecule has 0 aliphatic rings. The normalized spacial score (nSPS) is 11.6. The summed E-state index contributed by atoms with van der Waals surface area (Å²) in [6, 6.07) is 12.9. The van der Waals surface area contributed by atoms with Crippen molar-refractivity contribution in [3.05, 3.63) is 98.3 Å². The molecular formula is C22H17F3N4O3. The molecule has 32 heavy (non-hydrogen) atoms. The van der Waals surface area contributed by atoms with Crippen LogP contribution in [0, 0.1) is 0 Å². The number of carbonyl (C=O) groups excluding carboxylic acids is 1. The van der Waals surface area contributed by atoms with E-state index in [1.165, 1.54) is 10.8 Å². The Bertz CT molecular complexity index is 1420. The second-order valence-corrected chi connectivity index (χ2v) is 7.21. The standard InChI is InChI=1S/C22H17F3N4O3/c1-28-12-16(19(30)26-15-9-7-14(8-10-15)22(23,24)25)17-18(28)20(31)29(21(32)27-17)11-13-5-3-2-4-6-13/h2-10,12H,11H2,1H3,(H,26,30)(H,27,32). The molecule has 2 aromatic carbocycles. The van der Waals surface area contributed by atoms with Crippen molar-refractivity contribution in [3.63, 3.8) is 0 Å². The second-order valence-electron chi connectivity index (χ2n) is 7.21. The summed E-state index contributed by atoms with van der Waals surface area (Å²) in [5, 5.41) is 2.49. The van der Waals surface area contributed by atoms with E-state index < -0.39 is 28.9 Å². The second kappa shape index (κ2) is 7.88. The van der Waals surface area contributed by atoms with E-state index in [9.17, 15) is 27.6 Å². The van der Waals surface area contributed by atoms with Crippen molar-refractivity contribution in [2.45, 2.75) is 12.7 Å². The first-order valence-corrected chi connectivity index (χ1v) is 9.50. The highest BCUT2D eigenvalue weighted by molar-refractivity contribution is 6.11. The molecule has 0 unspecified atom stereocenters. The van der Waals surface area contributed by atoms with E-state index in [2.05, 4.69) is 10.3 Å². The average molecular weight is 442 g/mol. The molecule has 0 atom stereocenters. The minimum atomic E-state index is -4.49. The van der Waals surface area contributed by atoms with Crippen LogP contribution in [0.1, 0.15) is 21.5 Å². The third-order valence-electron chi connectivity index (χ3n) is 5.00. The van der Waals surface area contributed by atoms with E-state index in [1.54, 1.807) is 31.3 Å². The Morgan fingerprint density at radius 3 is 2.31 bits per heavy atom. The summed E-state index contributed by atoms with van der Waals surface area (Å²) in [5.41, 5.74) is -1.000. The molecule has 1 amide bonds. The van der Waals surface area contributed by atoms with Crippen LogP contribution in [0.15, 0.2) is 70.4 Å². The summed E-state index contributed by atoms with van der Waals surface area (Å²) in [5.74, 6) is -0.675. The van der Waals surface area contributed by atoms with Crippen LogP contribution in [-0.2, 0) is 19.8 Å². The molecule has 2 heterocycles. The van der Waals surface area contributed by atoms with E-state index in [-0.39, 0.29) is 28.8 Å². The number of aromatic amines is 1. The number of nitrogens with one attached hydrogen (secondary N) is 2. The van der Waals surface area contributed by atoms with Gasteiger partial charge in [-0.1, -0.05) is 30.3 Å². The van der Waals surface area contributed by atoms with Crippen molar-refractivity contribution >= 4 is 22.6 Å². The Morgan fingerprint density at radius 1 is 1.03 bits per heavy atom. The fourth-order valence-electron chi connectivity index (χ4n) is 3.43. The van der Waals surface area contributed by atoms with Gasteiger partial charge in [0.25, 0.3) is 11.5 Å². The van der Waals surface area contributed by atoms with Crippen LogP contribution in [-0.4, -0.2) is 20.0 Å². The number of aryl methyl sites for hydroxylation is 1. The summed E-state index contributed by atoms with van der Waals surface area (Å²) < 4.78 is 40.6. The van der Waals surface area contributed by atoms with Crippen LogP contribution in [0.5, 0.6) is 0 Å². The number of rotatable bonds is 4. The van der Waals surface area contributed by atoms with Gasteiger partial charge in [-0.05, 0) is 29.8 Å². The van der Waals surface area contributed by atoms with E-state index in [1.807, 2.05) is 6.07 Å². The molecular weight excluding hydrogens is 425 g/mol. The van der Waals surface area contributed by atoms with Crippen LogP contribution < -0.4 is 16.6 Å². The third kappa shape index (κ3) is 3.94. The van der Waals surface area contributed by atoms with Gasteiger partial charge in [-0.15, -0.1) is 0 Å². The number of benzene rings is 2. The summed E-state index contributed by atoms with van der Waals surface area (Å²) in [6.07, 6.45) is -3.11. The average Bonchev–Trinajstić information content (AvgIpc) is 3.08. The molecule has 0 saturated carbocycles. The Morgan fingerprint density at radius 2 is 1.69 bits per heavy atom. The highest BCUT2D eigenvalue weighted by atomic mass is 19.4. The van der Waals surface area contributed by atoms with Gasteiger partial charge in [0, 0.05) is 18.9 Å². The Kier molecular flexibility index (Phi) is 5.21. The molecule has 0 aliphatic carbocycles. The number of alkyl halides is 3. The van der Waals surface area contributed by atoms with Crippen LogP contribution in [0.3, 0.4) is 0 Å². The molecule has 2 aromatic heterocycles. The molecule has 4 aromatic rings. The smallest absolute Gasteiger partial charge is 0.344 e. The Balaban J connectivity index is 1.69. The molecule has 0 radical (unpaired) electrons. The predicted octanol–water partition coefficient (Wildman–Crippen LogP) is 3.35. The molecule has 0 saturated heterocycles. The predicted molar refractivity (Wildman–Crippen MR) is 113 cm³/mol. The molecule has 0 spiro atoms. The summed E-state index contributed by atoms with van der Waals surface area (Å²) in [6.45, 7) is 0.0587. The van der Waals surface area contributed by atoms with Crippen LogP contribution >= 0.6 is 0 Å². The Labute approximate surface area is 178 Å². The number of H-pyrrole nitrogens is 1. The first-order valence-electron chi connectivity index (χ1n) is 9.50. The van der Waals surface area contributed by atoms with Gasteiger partial charge in [0.05, 0.1) is 23.2 Å². The monoisotopic (exact) mass is 442 g/mol. The number of aromatic nitrogens is 3. The van der Waals surface area contributed by atoms with Gasteiger partial charge >= 0.3 is 11.9 Å². The fourth-order valence-corrected chi connectivity index (χ4v) is 3.43. The summed E-state index contributed by atoms with van der Waals surface area (Å²) in [4.78, 5) is 40.9. The zero-order chi connectivity index (χ0) is 23.0. The topological polar surface area (TPSA) is 88.9 Å². The maximum atomic E-state index is 13.0. The first kappa shape index (κ1) is 21.2. The molecule has 10 heteroatoms. The van der Waals surface area contributed by atoms with Gasteiger partial charge in [0.15, 0.2) is 0 Å². The number of hydrogen-bond donors (Lipinski definition) is 2. The van der Waals surface area contributed by atoms with E-state index in [0.29, 0.717) is 0 Å². The van der Waals surface area contributed by atoms with Crippen LogP contribution in [0.4, 0.5) is 18.9 Å². The van der Waals surface area contributed by atoms with Crippen molar-refractivity contribution in [3.8, 4) is 0 Å². The van der Waals surface area contributed by atoms with Gasteiger partial charge < -0.3 is 14.9 Å². The van der Waals surface area contributed by atoms with Crippen molar-refractivity contribution in [2.75, 3.05) is 5.32 Å². The summed E-state index contributed by atoms with van der Waals surface area (Å²) >= 11 is 0. The SMILES string of the molecule is Cn1cc(C(=O)Nc2ccc(C(F)(F)F)cc2)c2[nH]c(=O)n(Cc3ccccc3)c(=O)c21. The van der Waals surface area contributed by atoms with Gasteiger partial charge in [0.2, 0.25) is 0 Å². The number of amides is 1. The Hall–Kier alpha value is -4.08. The molecule has 0 bridgehead atoms. The molecule has 4 rings (SSSR count). The van der Waals surface area contributed by atoms with Gasteiger partial charge in [-0.3, -0.25) is 14.2 Å². The first-order chi connectivity index (χ1) is 15.1. The summed E-state index contributed by atoms with van der Waals surface area (Å²) in [7, 11) is 1.56. The fraction of sp³-hybridized carbons (Fsp3) is 0.136. The minimum absolute atomic E-state index is 0.0171. The maximum Gasteiger partial charge on any atom is 0.416 e. The lowest BCUT2D eigenvalue weighted by atomic mass is 10.2. The number of anilines is 1. The lowest BCUT2D eigenvalue weighted by Crippen LogP contribution is -2.36. The van der Waals surface area contributed by atoms with Gasteiger partial charge in [-0.2, -0.15) is 13.2 Å². The molecule has 0 fully saturated rings. The van der Waals surface area contributed by atoms with Crippen molar-refractivity contribution in [1.82, 2.24) is 14.1 Å². The van der Waals surface area contributed by atoms with Crippen molar-refractivity contribution in [2.24, 2.45) is 7.05 Å². The van der Waals surface area contributed by atoms with E-state index in [0.717, 1.165) is 34.4 Å². The van der Waals surface area contributed by atoms with Crippen molar-refractivity contribution in [1.29, 1.82) is 0 Å². The molecule has 164 valence electrons. The van der Waals surface area contributed by atoms with E-state index >= 15 is 0 Å². The van der Waals surface area contributed by atoms with Crippen molar-refractivity contribution < 1.29 is 18.0 Å². The number of hydrogen-bond acceptors (Lipinski definition) is 3. The zero-order valence-electron chi connectivity index (χ0n) is 16.7. The lowest BCUT2D eigenvalue weighted by Gasteiger charge is -2.09. The van der Waals surface area contributed by atoms with Crippen LogP contribution in [0.2, 0.25) is 0 Å². The molecule has 7 nitrogen and oxygen atoms in total. The minimum Gasteiger partial charge on any atom is -0.344 e. The van der Waals surface area contributed by atoms with Crippen LogP contribution in [0.25, 0.3) is 11.0 Å². The highest BCUT2D eigenvalue weighted by Crippen LogP contribution is 2.30. The number of fused-ring (bicyclic) bond motifs is 1. The maximum absolute atomic E-state index is 13.0. The zero-order valence-corrected chi connectivity index (χ0v) is 16.7. The number of nitrogens with zero attached hydrogens (tertiary/aromatic N) is 2. The van der Waals surface area contributed by atoms with Gasteiger partial charge in [-0.25, -0.2) is 4.79 Å². The van der Waals surface area contributed by atoms with Gasteiger partial charge in [0.1, 0.15) is 5.52 Å². The van der Waals surface area contributed by atoms with E-state index in [4.69, 9.17) is 0 Å². The highest BCUT2D eigenvalue weighted by Gasteiger charge is 2.30. The largest absolute Gasteiger partial charge is 0.416 e. The molecule has 2 N–H and O–H groups in total. The number of carbonyl (C=O) groups is 1. The third-order valence-corrected chi connectivity index (χ3v) is 5.00. The molecule has 0 aliphatic heterocycles. The quantitative estimate of drug-likeness (QED) is 0.508.